The molecule has 2 rings (SSSR count). The Labute approximate surface area is 117 Å². The molecule has 1 saturated carbocycles. The third-order valence-corrected chi connectivity index (χ3v) is 4.64. The van der Waals surface area contributed by atoms with Crippen LogP contribution < -0.4 is 11.1 Å². The first kappa shape index (κ1) is 14.8. The quantitative estimate of drug-likeness (QED) is 0.742. The van der Waals surface area contributed by atoms with E-state index >= 15 is 0 Å². The van der Waals surface area contributed by atoms with Crippen LogP contribution in [0.25, 0.3) is 0 Å². The summed E-state index contributed by atoms with van der Waals surface area (Å²) in [5.41, 5.74) is 5.23. The van der Waals surface area contributed by atoms with Gasteiger partial charge in [0.1, 0.15) is 0 Å². The number of carbonyl (C=O) groups excluding carboxylic acids is 1. The molecule has 0 bridgehead atoms. The van der Waals surface area contributed by atoms with Crippen LogP contribution in [0.5, 0.6) is 0 Å². The van der Waals surface area contributed by atoms with Crippen molar-refractivity contribution in [1.82, 2.24) is 10.2 Å². The molecule has 2 fully saturated rings. The Morgan fingerprint density at radius 2 is 1.68 bits per heavy atom. The molecular formula is C15H29N3O. The average Bonchev–Trinajstić information content (AvgIpc) is 2.66. The zero-order valence-electron chi connectivity index (χ0n) is 12.1. The SMILES string of the molecule is NC(=O)CN1CCC(NCC2CCCCCC2)CC1. The Kier molecular flexibility index (Phi) is 6.11. The van der Waals surface area contributed by atoms with Gasteiger partial charge in [0.15, 0.2) is 0 Å². The maximum Gasteiger partial charge on any atom is 0.231 e. The first-order valence-corrected chi connectivity index (χ1v) is 7.98. The van der Waals surface area contributed by atoms with Gasteiger partial charge >= 0.3 is 0 Å². The van der Waals surface area contributed by atoms with Crippen molar-refractivity contribution in [3.05, 3.63) is 0 Å². The van der Waals surface area contributed by atoms with Crippen molar-refractivity contribution >= 4 is 5.91 Å². The molecule has 1 saturated heterocycles. The summed E-state index contributed by atoms with van der Waals surface area (Å²) in [5.74, 6) is 0.691. The lowest BCUT2D eigenvalue weighted by Gasteiger charge is -2.32. The van der Waals surface area contributed by atoms with Crippen molar-refractivity contribution in [3.8, 4) is 0 Å². The predicted molar refractivity (Wildman–Crippen MR) is 77.9 cm³/mol. The third-order valence-electron chi connectivity index (χ3n) is 4.64. The largest absolute Gasteiger partial charge is 0.369 e. The van der Waals surface area contributed by atoms with E-state index in [1.165, 1.54) is 45.1 Å². The average molecular weight is 267 g/mol. The van der Waals surface area contributed by atoms with Gasteiger partial charge in [0.25, 0.3) is 0 Å². The van der Waals surface area contributed by atoms with Gasteiger partial charge in [-0.25, -0.2) is 0 Å². The minimum Gasteiger partial charge on any atom is -0.369 e. The second kappa shape index (κ2) is 7.85. The summed E-state index contributed by atoms with van der Waals surface area (Å²) in [6.07, 6.45) is 10.8. The summed E-state index contributed by atoms with van der Waals surface area (Å²) in [4.78, 5) is 13.1. The third kappa shape index (κ3) is 5.49. The van der Waals surface area contributed by atoms with Crippen molar-refractivity contribution in [2.45, 2.75) is 57.4 Å². The molecule has 1 aliphatic heterocycles. The number of nitrogens with one attached hydrogen (secondary N) is 1. The second-order valence-electron chi connectivity index (χ2n) is 6.28. The van der Waals surface area contributed by atoms with E-state index in [0.717, 1.165) is 31.8 Å². The van der Waals surface area contributed by atoms with Gasteiger partial charge in [0.2, 0.25) is 5.91 Å². The van der Waals surface area contributed by atoms with Gasteiger partial charge in [-0.15, -0.1) is 0 Å². The van der Waals surface area contributed by atoms with Gasteiger partial charge in [-0.1, -0.05) is 25.7 Å². The zero-order valence-corrected chi connectivity index (χ0v) is 12.1. The Hall–Kier alpha value is -0.610. The molecule has 0 aromatic rings. The Balaban J connectivity index is 1.61. The topological polar surface area (TPSA) is 58.4 Å². The molecule has 1 aliphatic carbocycles. The van der Waals surface area contributed by atoms with Gasteiger partial charge in [0, 0.05) is 19.1 Å². The van der Waals surface area contributed by atoms with Crippen LogP contribution >= 0.6 is 0 Å². The number of hydrogen-bond donors (Lipinski definition) is 2. The van der Waals surface area contributed by atoms with E-state index in [2.05, 4.69) is 10.2 Å². The van der Waals surface area contributed by atoms with E-state index in [9.17, 15) is 4.79 Å². The van der Waals surface area contributed by atoms with E-state index in [1.54, 1.807) is 0 Å². The number of amides is 1. The van der Waals surface area contributed by atoms with E-state index < -0.39 is 0 Å². The molecule has 0 radical (unpaired) electrons. The van der Waals surface area contributed by atoms with Crippen molar-refractivity contribution < 1.29 is 4.79 Å². The van der Waals surface area contributed by atoms with E-state index in [-0.39, 0.29) is 5.91 Å². The lowest BCUT2D eigenvalue weighted by atomic mass is 9.98. The monoisotopic (exact) mass is 267 g/mol. The van der Waals surface area contributed by atoms with Crippen molar-refractivity contribution in [3.63, 3.8) is 0 Å². The van der Waals surface area contributed by atoms with Crippen LogP contribution in [0.15, 0.2) is 0 Å². The van der Waals surface area contributed by atoms with E-state index in [4.69, 9.17) is 5.73 Å². The van der Waals surface area contributed by atoms with Crippen molar-refractivity contribution in [1.29, 1.82) is 0 Å². The molecule has 0 atom stereocenters. The van der Waals surface area contributed by atoms with Gasteiger partial charge < -0.3 is 11.1 Å². The number of primary amides is 1. The minimum absolute atomic E-state index is 0.204. The summed E-state index contributed by atoms with van der Waals surface area (Å²) in [7, 11) is 0. The van der Waals surface area contributed by atoms with Crippen LogP contribution in [-0.2, 0) is 4.79 Å². The lowest BCUT2D eigenvalue weighted by Crippen LogP contribution is -2.46. The number of piperidine rings is 1. The Morgan fingerprint density at radius 3 is 2.26 bits per heavy atom. The van der Waals surface area contributed by atoms with Gasteiger partial charge in [0.05, 0.1) is 6.54 Å². The molecular weight excluding hydrogens is 238 g/mol. The van der Waals surface area contributed by atoms with Crippen molar-refractivity contribution in [2.24, 2.45) is 11.7 Å². The van der Waals surface area contributed by atoms with E-state index in [0.29, 0.717) is 12.6 Å². The number of hydrogen-bond acceptors (Lipinski definition) is 3. The fraction of sp³-hybridized carbons (Fsp3) is 0.933. The first-order chi connectivity index (χ1) is 9.24. The lowest BCUT2D eigenvalue weighted by molar-refractivity contribution is -0.119. The molecule has 1 heterocycles. The number of nitrogens with zero attached hydrogens (tertiary/aromatic N) is 1. The minimum atomic E-state index is -0.204. The highest BCUT2D eigenvalue weighted by Crippen LogP contribution is 2.22. The van der Waals surface area contributed by atoms with E-state index in [1.807, 2.05) is 0 Å². The summed E-state index contributed by atoms with van der Waals surface area (Å²) >= 11 is 0. The molecule has 19 heavy (non-hydrogen) atoms. The van der Waals surface area contributed by atoms with Crippen molar-refractivity contribution in [2.75, 3.05) is 26.2 Å². The summed E-state index contributed by atoms with van der Waals surface area (Å²) in [6, 6.07) is 0.646. The highest BCUT2D eigenvalue weighted by atomic mass is 16.1. The number of rotatable bonds is 5. The van der Waals surface area contributed by atoms with Gasteiger partial charge in [-0.3, -0.25) is 9.69 Å². The van der Waals surface area contributed by atoms with Crippen LogP contribution in [0.1, 0.15) is 51.4 Å². The molecule has 0 aromatic heterocycles. The predicted octanol–water partition coefficient (Wildman–Crippen LogP) is 1.50. The van der Waals surface area contributed by atoms with Crippen LogP contribution in [0.4, 0.5) is 0 Å². The standard InChI is InChI=1S/C15H29N3O/c16-15(19)12-18-9-7-14(8-10-18)17-11-13-5-3-1-2-4-6-13/h13-14,17H,1-12H2,(H2,16,19). The number of carbonyl (C=O) groups is 1. The molecule has 4 heteroatoms. The second-order valence-corrected chi connectivity index (χ2v) is 6.28. The molecule has 2 aliphatic rings. The van der Waals surface area contributed by atoms with Crippen LogP contribution in [0.3, 0.4) is 0 Å². The summed E-state index contributed by atoms with van der Waals surface area (Å²) in [6.45, 7) is 3.63. The molecule has 4 nitrogen and oxygen atoms in total. The fourth-order valence-electron chi connectivity index (χ4n) is 3.42. The Morgan fingerprint density at radius 1 is 1.05 bits per heavy atom. The number of likely N-dealkylation sites (tertiary alicyclic amines) is 1. The summed E-state index contributed by atoms with van der Waals surface area (Å²) in [5, 5.41) is 3.75. The summed E-state index contributed by atoms with van der Waals surface area (Å²) < 4.78 is 0. The molecule has 110 valence electrons. The highest BCUT2D eigenvalue weighted by molar-refractivity contribution is 5.75. The fourth-order valence-corrected chi connectivity index (χ4v) is 3.42. The smallest absolute Gasteiger partial charge is 0.231 e. The number of nitrogens with two attached hydrogens (primary N) is 1. The highest BCUT2D eigenvalue weighted by Gasteiger charge is 2.21. The van der Waals surface area contributed by atoms with Crippen LogP contribution in [0, 0.1) is 5.92 Å². The van der Waals surface area contributed by atoms with Gasteiger partial charge in [-0.2, -0.15) is 0 Å². The molecule has 0 spiro atoms. The molecule has 1 amide bonds. The van der Waals surface area contributed by atoms with Crippen LogP contribution in [0.2, 0.25) is 0 Å². The van der Waals surface area contributed by atoms with Gasteiger partial charge in [-0.05, 0) is 38.1 Å². The van der Waals surface area contributed by atoms with Crippen LogP contribution in [-0.4, -0.2) is 43.0 Å². The zero-order chi connectivity index (χ0) is 13.5. The normalized spacial score (nSPS) is 24.2. The first-order valence-electron chi connectivity index (χ1n) is 7.98. The molecule has 3 N–H and O–H groups in total. The molecule has 0 unspecified atom stereocenters. The Bertz CT molecular complexity index is 267. The maximum absolute atomic E-state index is 10.9. The maximum atomic E-state index is 10.9. The molecule has 0 aromatic carbocycles.